The number of hydrazine groups is 1. The first-order valence-electron chi connectivity index (χ1n) is 13.6. The molecule has 0 spiro atoms. The molecule has 0 radical (unpaired) electrons. The van der Waals surface area contributed by atoms with Gasteiger partial charge in [0.2, 0.25) is 0 Å². The fraction of sp³-hybridized carbons (Fsp3) is 0.438. The average Bonchev–Trinajstić information content (AvgIpc) is 3.41. The molecule has 5 heteroatoms. The Morgan fingerprint density at radius 1 is 1.00 bits per heavy atom. The third-order valence-corrected chi connectivity index (χ3v) is 8.80. The van der Waals surface area contributed by atoms with Crippen LogP contribution in [0.25, 0.3) is 0 Å². The highest BCUT2D eigenvalue weighted by atomic mass is 16.5. The quantitative estimate of drug-likeness (QED) is 0.488. The van der Waals surface area contributed by atoms with Gasteiger partial charge in [-0.1, -0.05) is 36.4 Å². The number of fused-ring (bicyclic) bond motifs is 2. The Kier molecular flexibility index (Phi) is 5.96. The van der Waals surface area contributed by atoms with Gasteiger partial charge in [-0.15, -0.1) is 0 Å². The molecule has 6 rings (SSSR count). The zero-order chi connectivity index (χ0) is 25.9. The molecule has 3 aromatic rings. The maximum absolute atomic E-state index is 6.79. The van der Waals surface area contributed by atoms with Crippen molar-refractivity contribution in [3.05, 3.63) is 88.0 Å². The van der Waals surface area contributed by atoms with Crippen molar-refractivity contribution in [1.82, 2.24) is 10.3 Å². The number of ether oxygens (including phenoxy) is 2. The number of methoxy groups -OCH3 is 1. The number of hydrogen-bond acceptors (Lipinski definition) is 5. The van der Waals surface area contributed by atoms with Gasteiger partial charge in [0.25, 0.3) is 0 Å². The van der Waals surface area contributed by atoms with Gasteiger partial charge in [-0.3, -0.25) is 0 Å². The third kappa shape index (κ3) is 4.00. The van der Waals surface area contributed by atoms with Crippen LogP contribution in [0, 0.1) is 20.8 Å². The van der Waals surface area contributed by atoms with Crippen molar-refractivity contribution in [2.75, 3.05) is 31.8 Å². The summed E-state index contributed by atoms with van der Waals surface area (Å²) in [6.07, 6.45) is 1.02. The molecule has 0 aromatic heterocycles. The highest BCUT2D eigenvalue weighted by Crippen LogP contribution is 2.54. The maximum Gasteiger partial charge on any atom is 0.127 e. The highest BCUT2D eigenvalue weighted by Gasteiger charge is 2.52. The molecule has 0 saturated carbocycles. The van der Waals surface area contributed by atoms with Crippen molar-refractivity contribution < 1.29 is 9.47 Å². The fourth-order valence-corrected chi connectivity index (χ4v) is 6.93. The molecule has 3 unspecified atom stereocenters. The average molecular weight is 498 g/mol. The largest absolute Gasteiger partial charge is 0.497 e. The first kappa shape index (κ1) is 24.3. The van der Waals surface area contributed by atoms with Crippen LogP contribution >= 0.6 is 0 Å². The van der Waals surface area contributed by atoms with Crippen LogP contribution in [-0.2, 0) is 6.42 Å². The number of hydrogen-bond donors (Lipinski definition) is 1. The van der Waals surface area contributed by atoms with E-state index in [4.69, 9.17) is 9.47 Å². The van der Waals surface area contributed by atoms with Crippen molar-refractivity contribution in [3.63, 3.8) is 0 Å². The molecule has 3 aliphatic rings. The molecule has 0 aliphatic carbocycles. The number of aryl methyl sites for hydroxylation is 2. The lowest BCUT2D eigenvalue weighted by atomic mass is 9.77. The lowest BCUT2D eigenvalue weighted by molar-refractivity contribution is 0.0812. The highest BCUT2D eigenvalue weighted by molar-refractivity contribution is 5.63. The van der Waals surface area contributed by atoms with E-state index in [0.29, 0.717) is 6.04 Å². The van der Waals surface area contributed by atoms with Crippen molar-refractivity contribution in [2.24, 2.45) is 0 Å². The molecule has 194 valence electrons. The molecule has 3 heterocycles. The monoisotopic (exact) mass is 497 g/mol. The minimum atomic E-state index is -0.292. The van der Waals surface area contributed by atoms with Crippen molar-refractivity contribution in [1.29, 1.82) is 0 Å². The lowest BCUT2D eigenvalue weighted by Crippen LogP contribution is -2.58. The number of piperazine rings is 1. The topological polar surface area (TPSA) is 37.0 Å². The maximum atomic E-state index is 6.79. The lowest BCUT2D eigenvalue weighted by Gasteiger charge is -2.46. The molecule has 0 amide bonds. The summed E-state index contributed by atoms with van der Waals surface area (Å²) in [4.78, 5) is 0. The first-order chi connectivity index (χ1) is 17.8. The Bertz CT molecular complexity index is 1320. The van der Waals surface area contributed by atoms with Gasteiger partial charge in [0.1, 0.15) is 17.1 Å². The smallest absolute Gasteiger partial charge is 0.127 e. The summed E-state index contributed by atoms with van der Waals surface area (Å²) in [5, 5.41) is 8.98. The van der Waals surface area contributed by atoms with Gasteiger partial charge < -0.3 is 19.8 Å². The molecule has 1 saturated heterocycles. The van der Waals surface area contributed by atoms with Crippen LogP contribution in [0.1, 0.15) is 59.2 Å². The summed E-state index contributed by atoms with van der Waals surface area (Å²) in [7, 11) is 1.72. The zero-order valence-electron chi connectivity index (χ0n) is 23.0. The summed E-state index contributed by atoms with van der Waals surface area (Å²) < 4.78 is 12.2. The van der Waals surface area contributed by atoms with Crippen molar-refractivity contribution in [2.45, 2.75) is 64.6 Å². The molecular weight excluding hydrogens is 458 g/mol. The van der Waals surface area contributed by atoms with Crippen LogP contribution in [0.15, 0.2) is 54.6 Å². The normalized spacial score (nSPS) is 24.5. The van der Waals surface area contributed by atoms with Gasteiger partial charge in [-0.2, -0.15) is 0 Å². The first-order valence-corrected chi connectivity index (χ1v) is 13.6. The Hall–Kier alpha value is -3.02. The standard InChI is InChI=1S/C32H39N3O2/c1-20-17-21(2)29-30(32(4,5)37-31(29)22(20)3)28-18-24-9-7-8-10-27(24)35(28)34-16-15-33-26(19-34)23-11-13-25(36-6)14-12-23/h7-14,17,26,28,30,33H,15-16,18-19H2,1-6H3. The summed E-state index contributed by atoms with van der Waals surface area (Å²) in [5.41, 5.74) is 9.11. The van der Waals surface area contributed by atoms with E-state index in [1.54, 1.807) is 7.11 Å². The SMILES string of the molecule is COc1ccc(C2CN(N3c4ccccc4CC3C3c4c(C)cc(C)c(C)c4OC3(C)C)CCN2)cc1. The number of rotatable bonds is 4. The molecule has 0 bridgehead atoms. The van der Waals surface area contributed by atoms with Crippen LogP contribution in [0.2, 0.25) is 0 Å². The Labute approximate surface area is 221 Å². The Morgan fingerprint density at radius 2 is 1.76 bits per heavy atom. The third-order valence-electron chi connectivity index (χ3n) is 8.80. The van der Waals surface area contributed by atoms with E-state index in [2.05, 4.69) is 105 Å². The second kappa shape index (κ2) is 9.07. The number of nitrogens with zero attached hydrogens (tertiary/aromatic N) is 2. The van der Waals surface area contributed by atoms with E-state index < -0.39 is 0 Å². The Morgan fingerprint density at radius 3 is 2.51 bits per heavy atom. The predicted molar refractivity (Wildman–Crippen MR) is 150 cm³/mol. The zero-order valence-corrected chi connectivity index (χ0v) is 23.0. The minimum absolute atomic E-state index is 0.264. The second-order valence-electron chi connectivity index (χ2n) is 11.5. The van der Waals surface area contributed by atoms with E-state index in [0.717, 1.165) is 37.6 Å². The van der Waals surface area contributed by atoms with Gasteiger partial charge in [0.05, 0.1) is 18.8 Å². The number of nitrogens with one attached hydrogen (secondary N) is 1. The summed E-state index contributed by atoms with van der Waals surface area (Å²) >= 11 is 0. The van der Waals surface area contributed by atoms with Gasteiger partial charge in [0, 0.05) is 37.2 Å². The summed E-state index contributed by atoms with van der Waals surface area (Å²) in [6.45, 7) is 14.1. The van der Waals surface area contributed by atoms with Gasteiger partial charge in [-0.05, 0) is 87.1 Å². The van der Waals surface area contributed by atoms with E-state index in [1.165, 1.54) is 39.1 Å². The second-order valence-corrected chi connectivity index (χ2v) is 11.5. The van der Waals surface area contributed by atoms with E-state index in [-0.39, 0.29) is 17.6 Å². The van der Waals surface area contributed by atoms with E-state index >= 15 is 0 Å². The molecule has 1 fully saturated rings. The van der Waals surface area contributed by atoms with Gasteiger partial charge in [0.15, 0.2) is 0 Å². The molecule has 5 nitrogen and oxygen atoms in total. The summed E-state index contributed by atoms with van der Waals surface area (Å²) in [5.74, 6) is 2.27. The van der Waals surface area contributed by atoms with Crippen LogP contribution in [0.4, 0.5) is 5.69 Å². The van der Waals surface area contributed by atoms with Gasteiger partial charge in [-0.25, -0.2) is 5.01 Å². The van der Waals surface area contributed by atoms with Crippen LogP contribution < -0.4 is 19.8 Å². The molecule has 1 N–H and O–H groups in total. The van der Waals surface area contributed by atoms with Crippen molar-refractivity contribution >= 4 is 5.69 Å². The Balaban J connectivity index is 1.39. The number of benzene rings is 3. The van der Waals surface area contributed by atoms with Crippen molar-refractivity contribution in [3.8, 4) is 11.5 Å². The molecule has 37 heavy (non-hydrogen) atoms. The van der Waals surface area contributed by atoms with Crippen LogP contribution in [0.3, 0.4) is 0 Å². The number of anilines is 1. The molecule has 3 aromatic carbocycles. The van der Waals surface area contributed by atoms with Crippen LogP contribution in [0.5, 0.6) is 11.5 Å². The van der Waals surface area contributed by atoms with Gasteiger partial charge >= 0.3 is 0 Å². The molecular formula is C32H39N3O2. The number of para-hydroxylation sites is 1. The fourth-order valence-electron chi connectivity index (χ4n) is 6.93. The van der Waals surface area contributed by atoms with E-state index in [1.807, 2.05) is 0 Å². The minimum Gasteiger partial charge on any atom is -0.497 e. The summed E-state index contributed by atoms with van der Waals surface area (Å²) in [6, 6.07) is 20.4. The van der Waals surface area contributed by atoms with Crippen LogP contribution in [-0.4, -0.2) is 43.4 Å². The molecule has 3 atom stereocenters. The predicted octanol–water partition coefficient (Wildman–Crippen LogP) is 5.87. The molecule has 3 aliphatic heterocycles. The van der Waals surface area contributed by atoms with E-state index in [9.17, 15) is 0 Å².